The Morgan fingerprint density at radius 3 is 2.50 bits per heavy atom. The predicted octanol–water partition coefficient (Wildman–Crippen LogP) is 1.23. The number of carbonyl (C=O) groups is 1. The maximum absolute atomic E-state index is 11.4. The molecule has 0 unspecified atom stereocenters. The number of hydrogen-bond donors (Lipinski definition) is 1. The van der Waals surface area contributed by atoms with Gasteiger partial charge in [-0.05, 0) is 6.92 Å². The number of hydroxylamine groups is 1. The molecule has 0 atom stereocenters. The van der Waals surface area contributed by atoms with Gasteiger partial charge in [-0.25, -0.2) is 4.79 Å². The Hall–Kier alpha value is -0.980. The monoisotopic (exact) mass is 187 g/mol. The molecule has 0 radical (unpaired) electrons. The molecule has 0 bridgehead atoms. The Bertz CT molecular complexity index is 147. The molecule has 0 aromatic rings. The summed E-state index contributed by atoms with van der Waals surface area (Å²) < 4.78 is 37.9. The summed E-state index contributed by atoms with van der Waals surface area (Å²) in [5.74, 6) is 0. The Morgan fingerprint density at radius 2 is 2.08 bits per heavy atom. The molecule has 1 amide bonds. The molecule has 0 fully saturated rings. The molecular formula is C5H8F3NO3. The third-order valence-corrected chi connectivity index (χ3v) is 0.667. The van der Waals surface area contributed by atoms with Crippen LogP contribution in [0.5, 0.6) is 0 Å². The quantitative estimate of drug-likeness (QED) is 0.676. The van der Waals surface area contributed by atoms with Crippen LogP contribution in [-0.4, -0.2) is 25.5 Å². The summed E-state index contributed by atoms with van der Waals surface area (Å²) in [6.45, 7) is 0.0943. The van der Waals surface area contributed by atoms with Crippen LogP contribution in [0.1, 0.15) is 6.92 Å². The Balaban J connectivity index is 3.44. The van der Waals surface area contributed by atoms with Gasteiger partial charge in [0.1, 0.15) is 0 Å². The molecule has 0 aliphatic rings. The largest absolute Gasteiger partial charge is 0.438 e. The number of amides is 1. The minimum absolute atomic E-state index is 0.154. The minimum atomic E-state index is -4.51. The molecule has 0 heterocycles. The standard InChI is InChI=1S/C5H8F3NO3/c1-2-12-9-4(10)11-3-5(6,7)8/h2-3H2,1H3,(H,9,10). The molecule has 0 spiro atoms. The van der Waals surface area contributed by atoms with E-state index in [-0.39, 0.29) is 6.61 Å². The van der Waals surface area contributed by atoms with Crippen LogP contribution >= 0.6 is 0 Å². The van der Waals surface area contributed by atoms with Crippen molar-refractivity contribution in [1.29, 1.82) is 0 Å². The summed E-state index contributed by atoms with van der Waals surface area (Å²) in [6, 6.07) is 0. The van der Waals surface area contributed by atoms with E-state index in [0.717, 1.165) is 0 Å². The van der Waals surface area contributed by atoms with Crippen LogP contribution in [0.4, 0.5) is 18.0 Å². The van der Waals surface area contributed by atoms with E-state index in [1.165, 1.54) is 0 Å². The van der Waals surface area contributed by atoms with Crippen molar-refractivity contribution in [2.24, 2.45) is 0 Å². The van der Waals surface area contributed by atoms with Crippen molar-refractivity contribution in [2.75, 3.05) is 13.2 Å². The zero-order valence-electron chi connectivity index (χ0n) is 6.27. The topological polar surface area (TPSA) is 47.6 Å². The molecule has 0 aromatic heterocycles. The van der Waals surface area contributed by atoms with Crippen molar-refractivity contribution in [3.63, 3.8) is 0 Å². The summed E-state index contributed by atoms with van der Waals surface area (Å²) >= 11 is 0. The van der Waals surface area contributed by atoms with E-state index >= 15 is 0 Å². The predicted molar refractivity (Wildman–Crippen MR) is 32.2 cm³/mol. The second-order valence-corrected chi connectivity index (χ2v) is 1.73. The van der Waals surface area contributed by atoms with Gasteiger partial charge in [0.25, 0.3) is 0 Å². The van der Waals surface area contributed by atoms with Crippen LogP contribution in [0.25, 0.3) is 0 Å². The average molecular weight is 187 g/mol. The van der Waals surface area contributed by atoms with Crippen LogP contribution in [0.3, 0.4) is 0 Å². The maximum atomic E-state index is 11.4. The zero-order chi connectivity index (χ0) is 9.61. The van der Waals surface area contributed by atoms with E-state index in [9.17, 15) is 18.0 Å². The van der Waals surface area contributed by atoms with E-state index in [1.54, 1.807) is 12.4 Å². The smallest absolute Gasteiger partial charge is 0.431 e. The molecule has 12 heavy (non-hydrogen) atoms. The lowest BCUT2D eigenvalue weighted by Gasteiger charge is -2.07. The van der Waals surface area contributed by atoms with Gasteiger partial charge in [0.05, 0.1) is 6.61 Å². The van der Waals surface area contributed by atoms with Crippen molar-refractivity contribution >= 4 is 6.09 Å². The SMILES string of the molecule is CCONC(=O)OCC(F)(F)F. The highest BCUT2D eigenvalue weighted by Gasteiger charge is 2.29. The highest BCUT2D eigenvalue weighted by Crippen LogP contribution is 2.14. The van der Waals surface area contributed by atoms with Crippen LogP contribution in [0, 0.1) is 0 Å². The van der Waals surface area contributed by atoms with Crippen molar-refractivity contribution in [1.82, 2.24) is 5.48 Å². The summed E-state index contributed by atoms with van der Waals surface area (Å²) in [6.07, 6.45) is -5.77. The lowest BCUT2D eigenvalue weighted by atomic mass is 10.7. The van der Waals surface area contributed by atoms with E-state index in [1.807, 2.05) is 0 Å². The van der Waals surface area contributed by atoms with E-state index in [4.69, 9.17) is 0 Å². The van der Waals surface area contributed by atoms with Crippen molar-refractivity contribution in [3.05, 3.63) is 0 Å². The molecular weight excluding hydrogens is 179 g/mol. The summed E-state index contributed by atoms with van der Waals surface area (Å²) in [5.41, 5.74) is 1.64. The van der Waals surface area contributed by atoms with Crippen LogP contribution in [-0.2, 0) is 9.57 Å². The van der Waals surface area contributed by atoms with Gasteiger partial charge >= 0.3 is 12.3 Å². The number of carbonyl (C=O) groups excluding carboxylic acids is 1. The molecule has 72 valence electrons. The fourth-order valence-corrected chi connectivity index (χ4v) is 0.308. The van der Waals surface area contributed by atoms with Gasteiger partial charge in [-0.15, -0.1) is 0 Å². The lowest BCUT2D eigenvalue weighted by Crippen LogP contribution is -2.29. The number of alkyl halides is 3. The molecule has 0 aromatic carbocycles. The van der Waals surface area contributed by atoms with E-state index in [2.05, 4.69) is 9.57 Å². The van der Waals surface area contributed by atoms with Crippen LogP contribution < -0.4 is 5.48 Å². The molecule has 1 N–H and O–H groups in total. The second kappa shape index (κ2) is 4.81. The molecule has 0 saturated carbocycles. The van der Waals surface area contributed by atoms with Crippen molar-refractivity contribution in [2.45, 2.75) is 13.1 Å². The number of halogens is 3. The van der Waals surface area contributed by atoms with Crippen molar-refractivity contribution in [3.8, 4) is 0 Å². The Morgan fingerprint density at radius 1 is 1.50 bits per heavy atom. The summed E-state index contributed by atoms with van der Waals surface area (Å²) in [7, 11) is 0. The van der Waals surface area contributed by atoms with E-state index < -0.39 is 18.9 Å². The fraction of sp³-hybridized carbons (Fsp3) is 0.800. The number of hydrogen-bond acceptors (Lipinski definition) is 3. The van der Waals surface area contributed by atoms with Gasteiger partial charge in [0.15, 0.2) is 6.61 Å². The maximum Gasteiger partial charge on any atom is 0.431 e. The molecule has 7 heteroatoms. The Kier molecular flexibility index (Phi) is 4.42. The number of rotatable bonds is 3. The first kappa shape index (κ1) is 11.0. The minimum Gasteiger partial charge on any atom is -0.438 e. The van der Waals surface area contributed by atoms with E-state index in [0.29, 0.717) is 0 Å². The summed E-state index contributed by atoms with van der Waals surface area (Å²) in [5, 5.41) is 0. The number of nitrogens with one attached hydrogen (secondary N) is 1. The van der Waals surface area contributed by atoms with Crippen molar-refractivity contribution < 1.29 is 27.5 Å². The Labute approximate surface area is 66.6 Å². The third-order valence-electron chi connectivity index (χ3n) is 0.667. The fourth-order valence-electron chi connectivity index (χ4n) is 0.308. The molecule has 0 rings (SSSR count). The lowest BCUT2D eigenvalue weighted by molar-refractivity contribution is -0.162. The van der Waals surface area contributed by atoms with Gasteiger partial charge in [-0.2, -0.15) is 18.7 Å². The van der Waals surface area contributed by atoms with Gasteiger partial charge in [-0.3, -0.25) is 4.84 Å². The molecule has 0 aliphatic heterocycles. The van der Waals surface area contributed by atoms with Crippen LogP contribution in [0.15, 0.2) is 0 Å². The first-order valence-corrected chi connectivity index (χ1v) is 3.07. The molecule has 0 aliphatic carbocycles. The van der Waals surface area contributed by atoms with Gasteiger partial charge < -0.3 is 4.74 Å². The molecule has 0 saturated heterocycles. The zero-order valence-corrected chi connectivity index (χ0v) is 6.27. The normalized spacial score (nSPS) is 11.0. The van der Waals surface area contributed by atoms with Crippen LogP contribution in [0.2, 0.25) is 0 Å². The first-order chi connectivity index (χ1) is 5.45. The number of ether oxygens (including phenoxy) is 1. The van der Waals surface area contributed by atoms with Gasteiger partial charge in [0.2, 0.25) is 0 Å². The third kappa shape index (κ3) is 7.13. The molecule has 4 nitrogen and oxygen atoms in total. The highest BCUT2D eigenvalue weighted by atomic mass is 19.4. The van der Waals surface area contributed by atoms with Gasteiger partial charge in [0, 0.05) is 0 Å². The van der Waals surface area contributed by atoms with Gasteiger partial charge in [-0.1, -0.05) is 0 Å². The highest BCUT2D eigenvalue weighted by molar-refractivity contribution is 5.65. The second-order valence-electron chi connectivity index (χ2n) is 1.73. The first-order valence-electron chi connectivity index (χ1n) is 3.07. The summed E-state index contributed by atoms with van der Waals surface area (Å²) in [4.78, 5) is 14.6. The average Bonchev–Trinajstić information content (AvgIpc) is 1.95.